The van der Waals surface area contributed by atoms with Gasteiger partial charge in [-0.1, -0.05) is 24.8 Å². The molecular weight excluding hydrogens is 284 g/mol. The first-order valence-corrected chi connectivity index (χ1v) is 8.33. The molecule has 20 heavy (non-hydrogen) atoms. The average Bonchev–Trinajstić information content (AvgIpc) is 3.14. The fraction of sp³-hybridized carbons (Fsp3) is 0.188. The molecule has 4 rings (SSSR count). The van der Waals surface area contributed by atoms with Gasteiger partial charge in [0.25, 0.3) is 0 Å². The largest absolute Gasteiger partial charge is 0.317 e. The van der Waals surface area contributed by atoms with Gasteiger partial charge in [0.1, 0.15) is 0 Å². The number of nitrogens with zero attached hydrogens (tertiary/aromatic N) is 2. The van der Waals surface area contributed by atoms with Gasteiger partial charge in [-0.3, -0.25) is 4.99 Å². The lowest BCUT2D eigenvalue weighted by atomic mass is 10.0. The van der Waals surface area contributed by atoms with Crippen LogP contribution in [-0.2, 0) is 0 Å². The molecule has 0 amide bonds. The molecule has 0 fully saturated rings. The summed E-state index contributed by atoms with van der Waals surface area (Å²) in [6.07, 6.45) is 1.96. The lowest BCUT2D eigenvalue weighted by molar-refractivity contribution is 0.649. The van der Waals surface area contributed by atoms with Crippen molar-refractivity contribution in [3.63, 3.8) is 0 Å². The van der Waals surface area contributed by atoms with E-state index in [2.05, 4.69) is 47.0 Å². The minimum Gasteiger partial charge on any atom is -0.317 e. The van der Waals surface area contributed by atoms with Crippen LogP contribution in [0, 0.1) is 6.92 Å². The van der Waals surface area contributed by atoms with Crippen LogP contribution in [0.1, 0.15) is 11.1 Å². The Labute approximate surface area is 126 Å². The number of aryl methyl sites for hydroxylation is 1. The number of thiophene rings is 1. The third-order valence-corrected chi connectivity index (χ3v) is 5.84. The van der Waals surface area contributed by atoms with Gasteiger partial charge < -0.3 is 4.90 Å². The van der Waals surface area contributed by atoms with Crippen molar-refractivity contribution in [1.82, 2.24) is 4.90 Å². The molecule has 2 aromatic rings. The van der Waals surface area contributed by atoms with Crippen molar-refractivity contribution in [2.24, 2.45) is 4.99 Å². The number of allylic oxidation sites excluding steroid dienone is 1. The minimum atomic E-state index is 0.899. The number of amidine groups is 1. The molecule has 100 valence electrons. The summed E-state index contributed by atoms with van der Waals surface area (Å²) in [6.45, 7) is 8.03. The number of hydrogen-bond donors (Lipinski definition) is 0. The van der Waals surface area contributed by atoms with Gasteiger partial charge in [0.2, 0.25) is 0 Å². The first kappa shape index (κ1) is 12.2. The van der Waals surface area contributed by atoms with Gasteiger partial charge in [-0.25, -0.2) is 0 Å². The van der Waals surface area contributed by atoms with Crippen LogP contribution in [-0.4, -0.2) is 23.2 Å². The molecule has 0 aliphatic carbocycles. The predicted molar refractivity (Wildman–Crippen MR) is 90.3 cm³/mol. The molecule has 2 nitrogen and oxygen atoms in total. The maximum Gasteiger partial charge on any atom is 0.168 e. The fourth-order valence-electron chi connectivity index (χ4n) is 2.81. The summed E-state index contributed by atoms with van der Waals surface area (Å²) in [7, 11) is 0. The second-order valence-electron chi connectivity index (χ2n) is 4.93. The normalized spacial score (nSPS) is 17.9. The first-order chi connectivity index (χ1) is 9.79. The molecule has 2 aliphatic rings. The minimum absolute atomic E-state index is 0.899. The molecule has 0 unspecified atom stereocenters. The highest BCUT2D eigenvalue weighted by Gasteiger charge is 2.32. The third-order valence-electron chi connectivity index (χ3n) is 3.78. The number of hydrogen-bond acceptors (Lipinski definition) is 4. The SMILES string of the molecule is C=CC1=C(c2ccc(C)c3ccsc23)N2CCN=C2S1. The topological polar surface area (TPSA) is 15.6 Å². The average molecular weight is 298 g/mol. The van der Waals surface area contributed by atoms with Crippen LogP contribution in [0.5, 0.6) is 0 Å². The van der Waals surface area contributed by atoms with E-state index in [0.717, 1.165) is 18.3 Å². The molecule has 1 aromatic heterocycles. The van der Waals surface area contributed by atoms with E-state index in [1.165, 1.54) is 31.8 Å². The van der Waals surface area contributed by atoms with E-state index in [1.54, 1.807) is 11.8 Å². The zero-order valence-corrected chi connectivity index (χ0v) is 12.9. The summed E-state index contributed by atoms with van der Waals surface area (Å²) in [5, 5.41) is 4.66. The van der Waals surface area contributed by atoms with Crippen molar-refractivity contribution in [2.75, 3.05) is 13.1 Å². The van der Waals surface area contributed by atoms with Crippen molar-refractivity contribution in [2.45, 2.75) is 6.92 Å². The van der Waals surface area contributed by atoms with E-state index < -0.39 is 0 Å². The summed E-state index contributed by atoms with van der Waals surface area (Å²) >= 11 is 3.56. The smallest absolute Gasteiger partial charge is 0.168 e. The van der Waals surface area contributed by atoms with Crippen molar-refractivity contribution in [1.29, 1.82) is 0 Å². The maximum absolute atomic E-state index is 4.58. The van der Waals surface area contributed by atoms with Gasteiger partial charge in [0, 0.05) is 21.7 Å². The van der Waals surface area contributed by atoms with Gasteiger partial charge in [-0.05, 0) is 41.1 Å². The molecule has 0 saturated carbocycles. The highest BCUT2D eigenvalue weighted by molar-refractivity contribution is 8.17. The van der Waals surface area contributed by atoms with Crippen LogP contribution >= 0.6 is 23.1 Å². The second-order valence-corrected chi connectivity index (χ2v) is 6.85. The van der Waals surface area contributed by atoms with Crippen molar-refractivity contribution >= 4 is 44.0 Å². The summed E-state index contributed by atoms with van der Waals surface area (Å²) in [5.74, 6) is 0. The summed E-state index contributed by atoms with van der Waals surface area (Å²) in [5.41, 5.74) is 3.94. The van der Waals surface area contributed by atoms with Crippen LogP contribution < -0.4 is 0 Å². The zero-order valence-electron chi connectivity index (χ0n) is 11.2. The van der Waals surface area contributed by atoms with E-state index in [0.29, 0.717) is 0 Å². The summed E-state index contributed by atoms with van der Waals surface area (Å²) < 4.78 is 1.37. The number of thioether (sulfide) groups is 1. The molecular formula is C16H14N2S2. The Balaban J connectivity index is 1.98. The van der Waals surface area contributed by atoms with E-state index in [1.807, 2.05) is 17.4 Å². The Morgan fingerprint density at radius 3 is 3.10 bits per heavy atom. The lowest BCUT2D eigenvalue weighted by Gasteiger charge is -2.18. The standard InChI is InChI=1S/C16H14N2S2/c1-3-13-14(18-8-7-17-16(18)20-13)12-5-4-10(2)11-6-9-19-15(11)12/h3-6,9H,1,7-8H2,2H3. The van der Waals surface area contributed by atoms with Crippen LogP contribution in [0.25, 0.3) is 15.8 Å². The molecule has 3 heterocycles. The quantitative estimate of drug-likeness (QED) is 0.812. The Morgan fingerprint density at radius 1 is 1.35 bits per heavy atom. The Kier molecular flexibility index (Phi) is 2.75. The molecule has 0 bridgehead atoms. The predicted octanol–water partition coefficient (Wildman–Crippen LogP) is 4.48. The second kappa shape index (κ2) is 4.50. The number of fused-ring (bicyclic) bond motifs is 2. The zero-order chi connectivity index (χ0) is 13.7. The van der Waals surface area contributed by atoms with Crippen molar-refractivity contribution in [3.8, 4) is 0 Å². The number of benzene rings is 1. The van der Waals surface area contributed by atoms with E-state index in [9.17, 15) is 0 Å². The Bertz CT molecular complexity index is 783. The third kappa shape index (κ3) is 1.61. The number of aliphatic imine (C=N–C) groups is 1. The number of rotatable bonds is 2. The molecule has 0 spiro atoms. The van der Waals surface area contributed by atoms with Gasteiger partial charge in [0.15, 0.2) is 5.17 Å². The molecule has 1 aromatic carbocycles. The molecule has 4 heteroatoms. The molecule has 2 aliphatic heterocycles. The first-order valence-electron chi connectivity index (χ1n) is 6.63. The maximum atomic E-state index is 4.58. The van der Waals surface area contributed by atoms with Crippen LogP contribution in [0.2, 0.25) is 0 Å². The molecule has 0 saturated heterocycles. The van der Waals surface area contributed by atoms with E-state index in [4.69, 9.17) is 0 Å². The molecule has 0 N–H and O–H groups in total. The Hall–Kier alpha value is -1.52. The van der Waals surface area contributed by atoms with Gasteiger partial charge in [-0.15, -0.1) is 11.3 Å². The van der Waals surface area contributed by atoms with Crippen LogP contribution in [0.4, 0.5) is 0 Å². The fourth-order valence-corrected chi connectivity index (χ4v) is 4.84. The summed E-state index contributed by atoms with van der Waals surface area (Å²) in [6, 6.07) is 6.68. The highest BCUT2D eigenvalue weighted by atomic mass is 32.2. The van der Waals surface area contributed by atoms with Gasteiger partial charge in [-0.2, -0.15) is 0 Å². The summed E-state index contributed by atoms with van der Waals surface area (Å²) in [4.78, 5) is 8.14. The van der Waals surface area contributed by atoms with E-state index in [-0.39, 0.29) is 0 Å². The van der Waals surface area contributed by atoms with E-state index >= 15 is 0 Å². The molecule has 0 atom stereocenters. The highest BCUT2D eigenvalue weighted by Crippen LogP contribution is 2.45. The lowest BCUT2D eigenvalue weighted by Crippen LogP contribution is -2.20. The van der Waals surface area contributed by atoms with Gasteiger partial charge >= 0.3 is 0 Å². The van der Waals surface area contributed by atoms with Crippen LogP contribution in [0.3, 0.4) is 0 Å². The van der Waals surface area contributed by atoms with Crippen LogP contribution in [0.15, 0.2) is 46.1 Å². The van der Waals surface area contributed by atoms with Gasteiger partial charge in [0.05, 0.1) is 12.2 Å². The molecule has 0 radical (unpaired) electrons. The van der Waals surface area contributed by atoms with Crippen molar-refractivity contribution in [3.05, 3.63) is 52.3 Å². The monoisotopic (exact) mass is 298 g/mol. The Morgan fingerprint density at radius 2 is 2.25 bits per heavy atom. The van der Waals surface area contributed by atoms with Crippen molar-refractivity contribution < 1.29 is 0 Å².